The zero-order valence-electron chi connectivity index (χ0n) is 12.7. The maximum Gasteiger partial charge on any atom is 0.152 e. The number of rotatable bonds is 6. The first kappa shape index (κ1) is 15.6. The Morgan fingerprint density at radius 3 is 2.67 bits per heavy atom. The second-order valence-corrected chi connectivity index (χ2v) is 5.49. The van der Waals surface area contributed by atoms with Crippen molar-refractivity contribution in [3.8, 4) is 5.75 Å². The number of nitrogens with one attached hydrogen (secondary N) is 1. The van der Waals surface area contributed by atoms with Gasteiger partial charge in [0.25, 0.3) is 0 Å². The minimum Gasteiger partial charge on any atom is -0.494 e. The van der Waals surface area contributed by atoms with Crippen LogP contribution in [0.1, 0.15) is 37.4 Å². The molecule has 2 rings (SSSR count). The summed E-state index contributed by atoms with van der Waals surface area (Å²) in [5.41, 5.74) is 3.12. The van der Waals surface area contributed by atoms with Crippen LogP contribution in [0.2, 0.25) is 5.15 Å². The Labute approximate surface area is 131 Å². The number of ether oxygens (including phenoxy) is 1. The van der Waals surface area contributed by atoms with Crippen molar-refractivity contribution in [1.29, 1.82) is 0 Å². The van der Waals surface area contributed by atoms with Crippen molar-refractivity contribution in [2.75, 3.05) is 11.9 Å². The summed E-state index contributed by atoms with van der Waals surface area (Å²) >= 11 is 6.12. The summed E-state index contributed by atoms with van der Waals surface area (Å²) in [5, 5.41) is 3.89. The molecule has 0 saturated heterocycles. The van der Waals surface area contributed by atoms with Crippen LogP contribution in [0.5, 0.6) is 5.75 Å². The Morgan fingerprint density at radius 1 is 1.29 bits per heavy atom. The van der Waals surface area contributed by atoms with Gasteiger partial charge in [-0.1, -0.05) is 30.7 Å². The molecule has 2 aromatic rings. The lowest BCUT2D eigenvalue weighted by Crippen LogP contribution is -2.07. The number of benzene rings is 1. The highest BCUT2D eigenvalue weighted by atomic mass is 35.5. The summed E-state index contributed by atoms with van der Waals surface area (Å²) in [6, 6.07) is 10.3. The Balaban J connectivity index is 2.05. The fraction of sp³-hybridized carbons (Fsp3) is 0.353. The van der Waals surface area contributed by atoms with Crippen LogP contribution in [0.15, 0.2) is 36.5 Å². The van der Waals surface area contributed by atoms with Gasteiger partial charge in [0.2, 0.25) is 0 Å². The Bertz CT molecular complexity index is 584. The molecular weight excluding hydrogens is 284 g/mol. The highest BCUT2D eigenvalue weighted by Gasteiger charge is 2.09. The second kappa shape index (κ2) is 7.32. The van der Waals surface area contributed by atoms with E-state index < -0.39 is 0 Å². The van der Waals surface area contributed by atoms with Crippen LogP contribution in [-0.2, 0) is 0 Å². The van der Waals surface area contributed by atoms with E-state index >= 15 is 0 Å². The summed E-state index contributed by atoms with van der Waals surface area (Å²) in [6.45, 7) is 6.94. The van der Waals surface area contributed by atoms with Gasteiger partial charge in [0.15, 0.2) is 5.15 Å². The van der Waals surface area contributed by atoms with E-state index in [-0.39, 0.29) is 6.04 Å². The zero-order chi connectivity index (χ0) is 15.2. The highest BCUT2D eigenvalue weighted by Crippen LogP contribution is 2.26. The summed E-state index contributed by atoms with van der Waals surface area (Å²) in [7, 11) is 0. The molecule has 4 heteroatoms. The highest BCUT2D eigenvalue weighted by molar-refractivity contribution is 6.31. The van der Waals surface area contributed by atoms with Crippen LogP contribution in [0.25, 0.3) is 0 Å². The maximum atomic E-state index is 6.12. The van der Waals surface area contributed by atoms with Crippen molar-refractivity contribution >= 4 is 17.3 Å². The van der Waals surface area contributed by atoms with Gasteiger partial charge in [0, 0.05) is 12.2 Å². The fourth-order valence-electron chi connectivity index (χ4n) is 2.04. The number of hydrogen-bond acceptors (Lipinski definition) is 3. The van der Waals surface area contributed by atoms with Crippen LogP contribution < -0.4 is 10.1 Å². The van der Waals surface area contributed by atoms with Crippen LogP contribution >= 0.6 is 11.6 Å². The Hall–Kier alpha value is -1.74. The SMILES string of the molecule is CCCOc1ccc(C(C)Nc2cc(C)cnc2Cl)cc1. The third-order valence-corrected chi connectivity index (χ3v) is 3.50. The molecule has 21 heavy (non-hydrogen) atoms. The summed E-state index contributed by atoms with van der Waals surface area (Å²) in [4.78, 5) is 4.16. The topological polar surface area (TPSA) is 34.1 Å². The molecule has 0 aliphatic rings. The van der Waals surface area contributed by atoms with Gasteiger partial charge >= 0.3 is 0 Å². The monoisotopic (exact) mass is 304 g/mol. The number of halogens is 1. The molecule has 1 heterocycles. The molecule has 1 unspecified atom stereocenters. The second-order valence-electron chi connectivity index (χ2n) is 5.13. The molecular formula is C17H21ClN2O. The molecule has 0 amide bonds. The standard InChI is InChI=1S/C17H21ClN2O/c1-4-9-21-15-7-5-14(6-8-15)13(3)20-16-10-12(2)11-19-17(16)18/h5-8,10-11,13,20H,4,9H2,1-3H3. The number of aromatic nitrogens is 1. The number of pyridine rings is 1. The van der Waals surface area contributed by atoms with E-state index in [2.05, 4.69) is 36.3 Å². The number of anilines is 1. The lowest BCUT2D eigenvalue weighted by Gasteiger charge is -2.17. The molecule has 0 spiro atoms. The predicted octanol–water partition coefficient (Wildman–Crippen LogP) is 5.01. The number of nitrogens with zero attached hydrogens (tertiary/aromatic N) is 1. The van der Waals surface area contributed by atoms with E-state index in [0.717, 1.165) is 30.0 Å². The molecule has 0 aliphatic heterocycles. The van der Waals surface area contributed by atoms with E-state index in [0.29, 0.717) is 5.15 Å². The van der Waals surface area contributed by atoms with Gasteiger partial charge in [0.1, 0.15) is 5.75 Å². The first-order valence-electron chi connectivity index (χ1n) is 7.21. The smallest absolute Gasteiger partial charge is 0.152 e. The molecule has 1 aromatic carbocycles. The van der Waals surface area contributed by atoms with E-state index in [1.165, 1.54) is 5.56 Å². The van der Waals surface area contributed by atoms with E-state index in [1.807, 2.05) is 25.1 Å². The van der Waals surface area contributed by atoms with Crippen LogP contribution in [0.4, 0.5) is 5.69 Å². The van der Waals surface area contributed by atoms with Crippen molar-refractivity contribution in [3.05, 3.63) is 52.8 Å². The van der Waals surface area contributed by atoms with Gasteiger partial charge in [0.05, 0.1) is 12.3 Å². The molecule has 1 aromatic heterocycles. The van der Waals surface area contributed by atoms with Crippen molar-refractivity contribution in [1.82, 2.24) is 4.98 Å². The quantitative estimate of drug-likeness (QED) is 0.762. The molecule has 1 N–H and O–H groups in total. The van der Waals surface area contributed by atoms with Gasteiger partial charge in [-0.2, -0.15) is 0 Å². The average Bonchev–Trinajstić information content (AvgIpc) is 2.49. The van der Waals surface area contributed by atoms with Crippen LogP contribution in [-0.4, -0.2) is 11.6 Å². The third-order valence-electron chi connectivity index (χ3n) is 3.20. The van der Waals surface area contributed by atoms with Gasteiger partial charge in [-0.25, -0.2) is 4.98 Å². The molecule has 112 valence electrons. The molecule has 0 bridgehead atoms. The van der Waals surface area contributed by atoms with E-state index in [9.17, 15) is 0 Å². The third kappa shape index (κ3) is 4.36. The van der Waals surface area contributed by atoms with Gasteiger partial charge < -0.3 is 10.1 Å². The van der Waals surface area contributed by atoms with Crippen molar-refractivity contribution in [2.24, 2.45) is 0 Å². The zero-order valence-corrected chi connectivity index (χ0v) is 13.4. The lowest BCUT2D eigenvalue weighted by molar-refractivity contribution is 0.317. The van der Waals surface area contributed by atoms with Crippen LogP contribution in [0.3, 0.4) is 0 Å². The molecule has 0 radical (unpaired) electrons. The number of aryl methyl sites for hydroxylation is 1. The minimum absolute atomic E-state index is 0.145. The normalized spacial score (nSPS) is 12.0. The maximum absolute atomic E-state index is 6.12. The fourth-order valence-corrected chi connectivity index (χ4v) is 2.20. The van der Waals surface area contributed by atoms with Gasteiger partial charge in [-0.3, -0.25) is 0 Å². The van der Waals surface area contributed by atoms with Crippen molar-refractivity contribution < 1.29 is 4.74 Å². The first-order valence-corrected chi connectivity index (χ1v) is 7.59. The minimum atomic E-state index is 0.145. The van der Waals surface area contributed by atoms with Crippen LogP contribution in [0, 0.1) is 6.92 Å². The first-order chi connectivity index (χ1) is 10.1. The van der Waals surface area contributed by atoms with Crippen molar-refractivity contribution in [2.45, 2.75) is 33.2 Å². The van der Waals surface area contributed by atoms with Gasteiger partial charge in [-0.15, -0.1) is 0 Å². The summed E-state index contributed by atoms with van der Waals surface area (Å²) in [5.74, 6) is 0.906. The summed E-state index contributed by atoms with van der Waals surface area (Å²) in [6.07, 6.45) is 2.77. The summed E-state index contributed by atoms with van der Waals surface area (Å²) < 4.78 is 5.59. The molecule has 0 saturated carbocycles. The molecule has 3 nitrogen and oxygen atoms in total. The Kier molecular flexibility index (Phi) is 5.45. The average molecular weight is 305 g/mol. The Morgan fingerprint density at radius 2 is 2.00 bits per heavy atom. The van der Waals surface area contributed by atoms with Crippen molar-refractivity contribution in [3.63, 3.8) is 0 Å². The lowest BCUT2D eigenvalue weighted by atomic mass is 10.1. The molecule has 0 aliphatic carbocycles. The number of hydrogen-bond donors (Lipinski definition) is 1. The largest absolute Gasteiger partial charge is 0.494 e. The van der Waals surface area contributed by atoms with E-state index in [4.69, 9.17) is 16.3 Å². The van der Waals surface area contributed by atoms with E-state index in [1.54, 1.807) is 6.20 Å². The molecule has 1 atom stereocenters. The predicted molar refractivity (Wildman–Crippen MR) is 88.2 cm³/mol. The molecule has 0 fully saturated rings. The van der Waals surface area contributed by atoms with Gasteiger partial charge in [-0.05, 0) is 49.6 Å².